The standard InChI is InChI=1S/C22H31N3O3S/c1-23(9-8-18-6-7-20(27-2)21(15-18)28-3)17-22(26)25-12-10-24(11-13-25)16-19-5-4-14-29-19/h4-7,14-15H,8-13,16-17H2,1-3H3/p+2. The number of methoxy groups -OCH3 is 2. The van der Waals surface area contributed by atoms with Crippen LogP contribution in [0.3, 0.4) is 0 Å². The Labute approximate surface area is 177 Å². The number of likely N-dealkylation sites (N-methyl/N-ethyl adjacent to an activating group) is 1. The fourth-order valence-electron chi connectivity index (χ4n) is 3.76. The quantitative estimate of drug-likeness (QED) is 0.589. The van der Waals surface area contributed by atoms with Gasteiger partial charge in [-0.05, 0) is 29.1 Å². The van der Waals surface area contributed by atoms with Crippen molar-refractivity contribution in [3.05, 3.63) is 46.2 Å². The summed E-state index contributed by atoms with van der Waals surface area (Å²) in [6, 6.07) is 10.3. The molecule has 1 fully saturated rings. The van der Waals surface area contributed by atoms with Gasteiger partial charge in [0.15, 0.2) is 18.0 Å². The van der Waals surface area contributed by atoms with E-state index in [4.69, 9.17) is 9.47 Å². The molecular formula is C22H33N3O3S+2. The molecule has 0 bridgehead atoms. The molecule has 1 aromatic carbocycles. The highest BCUT2D eigenvalue weighted by Crippen LogP contribution is 2.27. The SMILES string of the molecule is COc1ccc(CC[NH+](C)CC(=O)N2CC[NH+](Cc3cccs3)CC2)cc1OC. The smallest absolute Gasteiger partial charge is 0.278 e. The van der Waals surface area contributed by atoms with E-state index in [-0.39, 0.29) is 5.91 Å². The van der Waals surface area contributed by atoms with Gasteiger partial charge in [-0.3, -0.25) is 4.79 Å². The highest BCUT2D eigenvalue weighted by Gasteiger charge is 2.25. The van der Waals surface area contributed by atoms with E-state index in [1.807, 2.05) is 28.4 Å². The molecule has 29 heavy (non-hydrogen) atoms. The molecule has 0 radical (unpaired) electrons. The molecule has 7 heteroatoms. The van der Waals surface area contributed by atoms with Gasteiger partial charge in [-0.15, -0.1) is 11.3 Å². The molecule has 1 aromatic heterocycles. The second-order valence-electron chi connectivity index (χ2n) is 7.71. The minimum Gasteiger partial charge on any atom is -0.493 e. The van der Waals surface area contributed by atoms with Gasteiger partial charge in [0, 0.05) is 6.42 Å². The summed E-state index contributed by atoms with van der Waals surface area (Å²) in [5, 5.41) is 2.13. The molecule has 2 aromatic rings. The molecule has 6 nitrogen and oxygen atoms in total. The van der Waals surface area contributed by atoms with Gasteiger partial charge in [-0.2, -0.15) is 0 Å². The minimum atomic E-state index is 0.269. The second kappa shape index (κ2) is 10.6. The number of carbonyl (C=O) groups excluding carboxylic acids is 1. The highest BCUT2D eigenvalue weighted by molar-refractivity contribution is 7.09. The number of carbonyl (C=O) groups is 1. The van der Waals surface area contributed by atoms with E-state index in [2.05, 4.69) is 30.6 Å². The number of nitrogens with one attached hydrogen (secondary N) is 2. The Hall–Kier alpha value is -2.09. The summed E-state index contributed by atoms with van der Waals surface area (Å²) < 4.78 is 10.7. The van der Waals surface area contributed by atoms with Crippen molar-refractivity contribution in [3.63, 3.8) is 0 Å². The van der Waals surface area contributed by atoms with E-state index >= 15 is 0 Å². The minimum absolute atomic E-state index is 0.269. The first-order valence-electron chi connectivity index (χ1n) is 10.2. The Morgan fingerprint density at radius 3 is 2.59 bits per heavy atom. The van der Waals surface area contributed by atoms with Gasteiger partial charge in [0.2, 0.25) is 0 Å². The third-order valence-corrected chi connectivity index (χ3v) is 6.45. The monoisotopic (exact) mass is 419 g/mol. The lowest BCUT2D eigenvalue weighted by atomic mass is 10.1. The van der Waals surface area contributed by atoms with Crippen LogP contribution in [0.5, 0.6) is 11.5 Å². The predicted molar refractivity (Wildman–Crippen MR) is 115 cm³/mol. The number of nitrogens with zero attached hydrogens (tertiary/aromatic N) is 1. The lowest BCUT2D eigenvalue weighted by Gasteiger charge is -2.32. The molecule has 158 valence electrons. The topological polar surface area (TPSA) is 47.7 Å². The molecule has 1 aliphatic heterocycles. The number of hydrogen-bond acceptors (Lipinski definition) is 4. The molecule has 1 saturated heterocycles. The fourth-order valence-corrected chi connectivity index (χ4v) is 4.54. The van der Waals surface area contributed by atoms with Crippen molar-refractivity contribution in [2.75, 3.05) is 60.5 Å². The maximum absolute atomic E-state index is 12.7. The number of ether oxygens (including phenoxy) is 2. The number of amides is 1. The number of piperazine rings is 1. The van der Waals surface area contributed by atoms with Crippen molar-refractivity contribution >= 4 is 17.2 Å². The van der Waals surface area contributed by atoms with Crippen LogP contribution in [0, 0.1) is 0 Å². The summed E-state index contributed by atoms with van der Waals surface area (Å²) in [4.78, 5) is 19.0. The van der Waals surface area contributed by atoms with E-state index in [9.17, 15) is 4.79 Å². The number of thiophene rings is 1. The zero-order valence-electron chi connectivity index (χ0n) is 17.7. The van der Waals surface area contributed by atoms with Crippen LogP contribution in [0.4, 0.5) is 0 Å². The molecule has 3 rings (SSSR count). The molecule has 0 saturated carbocycles. The predicted octanol–water partition coefficient (Wildman–Crippen LogP) is -0.250. The Balaban J connectivity index is 1.40. The Bertz CT molecular complexity index is 774. The molecule has 2 heterocycles. The fraction of sp³-hybridized carbons (Fsp3) is 0.500. The van der Waals surface area contributed by atoms with Crippen molar-refractivity contribution in [3.8, 4) is 11.5 Å². The first kappa shape index (κ1) is 21.6. The van der Waals surface area contributed by atoms with Crippen molar-refractivity contribution in [2.45, 2.75) is 13.0 Å². The van der Waals surface area contributed by atoms with E-state index in [1.165, 1.54) is 15.3 Å². The summed E-state index contributed by atoms with van der Waals surface area (Å²) in [5.41, 5.74) is 1.19. The Morgan fingerprint density at radius 2 is 1.93 bits per heavy atom. The van der Waals surface area contributed by atoms with E-state index < -0.39 is 0 Å². The van der Waals surface area contributed by atoms with Crippen molar-refractivity contribution in [1.29, 1.82) is 0 Å². The third kappa shape index (κ3) is 6.19. The van der Waals surface area contributed by atoms with Crippen LogP contribution >= 0.6 is 11.3 Å². The van der Waals surface area contributed by atoms with Gasteiger partial charge in [-0.1, -0.05) is 12.1 Å². The zero-order valence-corrected chi connectivity index (χ0v) is 18.5. The van der Waals surface area contributed by atoms with E-state index in [0.29, 0.717) is 6.54 Å². The van der Waals surface area contributed by atoms with Crippen LogP contribution in [0.15, 0.2) is 35.7 Å². The van der Waals surface area contributed by atoms with Crippen LogP contribution in [0.2, 0.25) is 0 Å². The Kier molecular flexibility index (Phi) is 7.91. The summed E-state index contributed by atoms with van der Waals surface area (Å²) in [6.45, 7) is 6.34. The maximum Gasteiger partial charge on any atom is 0.278 e. The number of benzene rings is 1. The highest BCUT2D eigenvalue weighted by atomic mass is 32.1. The average Bonchev–Trinajstić information content (AvgIpc) is 3.25. The molecule has 0 aliphatic carbocycles. The molecule has 1 amide bonds. The van der Waals surface area contributed by atoms with Gasteiger partial charge in [0.1, 0.15) is 6.54 Å². The van der Waals surface area contributed by atoms with Crippen LogP contribution in [-0.2, 0) is 17.8 Å². The van der Waals surface area contributed by atoms with Crippen LogP contribution in [0.25, 0.3) is 0 Å². The summed E-state index contributed by atoms with van der Waals surface area (Å²) in [7, 11) is 5.39. The first-order valence-corrected chi connectivity index (χ1v) is 11.1. The largest absolute Gasteiger partial charge is 0.493 e. The lowest BCUT2D eigenvalue weighted by Crippen LogP contribution is -3.14. The second-order valence-corrected chi connectivity index (χ2v) is 8.74. The number of hydrogen-bond donors (Lipinski definition) is 2. The van der Waals surface area contributed by atoms with Crippen LogP contribution in [-0.4, -0.2) is 71.3 Å². The molecule has 1 atom stereocenters. The maximum atomic E-state index is 12.7. The van der Waals surface area contributed by atoms with Gasteiger partial charge in [0.25, 0.3) is 5.91 Å². The molecule has 2 N–H and O–H groups in total. The van der Waals surface area contributed by atoms with E-state index in [0.717, 1.165) is 57.2 Å². The molecular weight excluding hydrogens is 386 g/mol. The average molecular weight is 420 g/mol. The van der Waals surface area contributed by atoms with Gasteiger partial charge in [-0.25, -0.2) is 0 Å². The lowest BCUT2D eigenvalue weighted by molar-refractivity contribution is -0.917. The molecule has 1 aliphatic rings. The van der Waals surface area contributed by atoms with Crippen molar-refractivity contribution < 1.29 is 24.1 Å². The Morgan fingerprint density at radius 1 is 1.17 bits per heavy atom. The van der Waals surface area contributed by atoms with Gasteiger partial charge >= 0.3 is 0 Å². The molecule has 0 spiro atoms. The molecule has 1 unspecified atom stereocenters. The van der Waals surface area contributed by atoms with Crippen LogP contribution < -0.4 is 19.3 Å². The van der Waals surface area contributed by atoms with Crippen LogP contribution in [0.1, 0.15) is 10.4 Å². The zero-order chi connectivity index (χ0) is 20.6. The normalized spacial score (nSPS) is 15.9. The summed E-state index contributed by atoms with van der Waals surface area (Å²) >= 11 is 1.82. The van der Waals surface area contributed by atoms with Crippen molar-refractivity contribution in [2.24, 2.45) is 0 Å². The van der Waals surface area contributed by atoms with Gasteiger partial charge in [0.05, 0.1) is 58.9 Å². The number of rotatable bonds is 9. The summed E-state index contributed by atoms with van der Waals surface area (Å²) in [5.74, 6) is 1.76. The van der Waals surface area contributed by atoms with Crippen molar-refractivity contribution in [1.82, 2.24) is 4.90 Å². The summed E-state index contributed by atoms with van der Waals surface area (Å²) in [6.07, 6.45) is 0.901. The number of quaternary nitrogens is 2. The first-order chi connectivity index (χ1) is 14.1. The third-order valence-electron chi connectivity index (χ3n) is 5.57. The van der Waals surface area contributed by atoms with E-state index in [1.54, 1.807) is 19.1 Å². The van der Waals surface area contributed by atoms with Gasteiger partial charge < -0.3 is 24.2 Å².